The molecule has 11 heavy (non-hydrogen) atoms. The summed E-state index contributed by atoms with van der Waals surface area (Å²) in [5.41, 5.74) is 4.29. The summed E-state index contributed by atoms with van der Waals surface area (Å²) in [5, 5.41) is 1.42. The maximum Gasteiger partial charge on any atom is 0.0458 e. The Labute approximate surface area is 65.0 Å². The Balaban J connectivity index is 2.53. The van der Waals surface area contributed by atoms with Crippen LogP contribution in [-0.2, 0) is 12.8 Å². The summed E-state index contributed by atoms with van der Waals surface area (Å²) < 4.78 is 0. The number of benzene rings is 1. The number of hydrogen-bond donors (Lipinski definition) is 1. The van der Waals surface area contributed by atoms with Crippen molar-refractivity contribution in [3.8, 4) is 0 Å². The smallest absolute Gasteiger partial charge is 0.0458 e. The van der Waals surface area contributed by atoms with Crippen LogP contribution in [0.1, 0.15) is 11.3 Å². The number of rotatable bonds is 0. The zero-order valence-corrected chi connectivity index (χ0v) is 6.22. The van der Waals surface area contributed by atoms with Gasteiger partial charge < -0.3 is 4.98 Å². The third kappa shape index (κ3) is 0.559. The van der Waals surface area contributed by atoms with E-state index in [1.165, 1.54) is 29.4 Å². The van der Waals surface area contributed by atoms with Crippen LogP contribution in [0.3, 0.4) is 0 Å². The summed E-state index contributed by atoms with van der Waals surface area (Å²) >= 11 is 0. The lowest BCUT2D eigenvalue weighted by Gasteiger charge is -2.11. The molecule has 0 bridgehead atoms. The summed E-state index contributed by atoms with van der Waals surface area (Å²) in [6, 6.07) is 8.53. The number of para-hydroxylation sites is 1. The maximum atomic E-state index is 3.41. The van der Waals surface area contributed by atoms with Gasteiger partial charge in [0.2, 0.25) is 0 Å². The molecule has 0 aliphatic heterocycles. The molecular weight excluding hydrogens is 134 g/mol. The molecule has 1 aromatic heterocycles. The van der Waals surface area contributed by atoms with Gasteiger partial charge in [-0.15, -0.1) is 0 Å². The second-order valence-corrected chi connectivity index (χ2v) is 3.13. The van der Waals surface area contributed by atoms with E-state index in [1.807, 2.05) is 0 Å². The lowest BCUT2D eigenvalue weighted by atomic mass is 9.94. The number of fused-ring (bicyclic) bond motifs is 3. The second kappa shape index (κ2) is 1.67. The predicted molar refractivity (Wildman–Crippen MR) is 45.7 cm³/mol. The van der Waals surface area contributed by atoms with Gasteiger partial charge in [-0.2, -0.15) is 0 Å². The van der Waals surface area contributed by atoms with Gasteiger partial charge in [-0.05, 0) is 24.5 Å². The monoisotopic (exact) mass is 143 g/mol. The number of H-pyrrole nitrogens is 1. The summed E-state index contributed by atoms with van der Waals surface area (Å²) in [4.78, 5) is 3.41. The molecule has 0 unspecified atom stereocenters. The zero-order valence-electron chi connectivity index (χ0n) is 6.22. The number of aryl methyl sites for hydroxylation is 2. The summed E-state index contributed by atoms with van der Waals surface area (Å²) in [6.07, 6.45) is 2.50. The van der Waals surface area contributed by atoms with Crippen molar-refractivity contribution in [2.45, 2.75) is 12.8 Å². The van der Waals surface area contributed by atoms with Crippen molar-refractivity contribution in [1.29, 1.82) is 0 Å². The molecule has 0 radical (unpaired) electrons. The molecule has 0 saturated carbocycles. The Kier molecular flexibility index (Phi) is 0.823. The minimum atomic E-state index is 1.24. The highest BCUT2D eigenvalue weighted by molar-refractivity contribution is 5.86. The lowest BCUT2D eigenvalue weighted by Crippen LogP contribution is -2.05. The maximum absolute atomic E-state index is 3.41. The van der Waals surface area contributed by atoms with Gasteiger partial charge in [-0.25, -0.2) is 0 Å². The predicted octanol–water partition coefficient (Wildman–Crippen LogP) is 2.27. The Bertz CT molecular complexity index is 412. The molecule has 54 valence electrons. The van der Waals surface area contributed by atoms with E-state index in [2.05, 4.69) is 29.2 Å². The molecule has 0 spiro atoms. The largest absolute Gasteiger partial charge is 0.358 e. The Morgan fingerprint density at radius 2 is 2.00 bits per heavy atom. The zero-order chi connectivity index (χ0) is 7.26. The number of nitrogens with one attached hydrogen (secondary N) is 1. The Hall–Kier alpha value is -1.24. The fourth-order valence-electron chi connectivity index (χ4n) is 1.83. The minimum Gasteiger partial charge on any atom is -0.358 e. The SMILES string of the molecule is c1ccc2c3c([nH]c2c1)CC3. The van der Waals surface area contributed by atoms with Gasteiger partial charge >= 0.3 is 0 Å². The molecule has 0 amide bonds. The first-order valence-electron chi connectivity index (χ1n) is 4.03. The molecule has 1 nitrogen and oxygen atoms in total. The normalized spacial score (nSPS) is 14.5. The first-order chi connectivity index (χ1) is 5.45. The van der Waals surface area contributed by atoms with Gasteiger partial charge in [-0.1, -0.05) is 18.2 Å². The van der Waals surface area contributed by atoms with E-state index < -0.39 is 0 Å². The number of aromatic amines is 1. The van der Waals surface area contributed by atoms with E-state index in [0.717, 1.165) is 0 Å². The molecular formula is C10H9N. The average Bonchev–Trinajstić information content (AvgIpc) is 2.23. The van der Waals surface area contributed by atoms with E-state index in [4.69, 9.17) is 0 Å². The molecule has 1 N–H and O–H groups in total. The molecule has 1 heteroatoms. The van der Waals surface area contributed by atoms with Gasteiger partial charge in [0, 0.05) is 16.6 Å². The molecule has 2 aromatic rings. The van der Waals surface area contributed by atoms with Crippen LogP contribution in [-0.4, -0.2) is 4.98 Å². The fraction of sp³-hybridized carbons (Fsp3) is 0.200. The molecule has 1 aliphatic carbocycles. The van der Waals surface area contributed by atoms with Crippen molar-refractivity contribution in [2.75, 3.05) is 0 Å². The van der Waals surface area contributed by atoms with Gasteiger partial charge in [0.15, 0.2) is 0 Å². The summed E-state index contributed by atoms with van der Waals surface area (Å²) in [5.74, 6) is 0. The molecule has 1 aromatic carbocycles. The standard InChI is InChI=1S/C10H9N/c1-2-4-9-7(3-1)8-5-6-10(8)11-9/h1-4,11H,5-6H2. The van der Waals surface area contributed by atoms with Crippen molar-refractivity contribution < 1.29 is 0 Å². The number of aromatic nitrogens is 1. The van der Waals surface area contributed by atoms with Crippen LogP contribution < -0.4 is 0 Å². The molecule has 0 fully saturated rings. The van der Waals surface area contributed by atoms with Crippen molar-refractivity contribution >= 4 is 10.9 Å². The van der Waals surface area contributed by atoms with Crippen LogP contribution in [0.4, 0.5) is 0 Å². The van der Waals surface area contributed by atoms with Crippen LogP contribution in [0.15, 0.2) is 24.3 Å². The van der Waals surface area contributed by atoms with Crippen LogP contribution in [0, 0.1) is 0 Å². The summed E-state index contributed by atoms with van der Waals surface area (Å²) in [6.45, 7) is 0. The van der Waals surface area contributed by atoms with Crippen molar-refractivity contribution in [2.24, 2.45) is 0 Å². The summed E-state index contributed by atoms with van der Waals surface area (Å²) in [7, 11) is 0. The van der Waals surface area contributed by atoms with Gasteiger partial charge in [0.05, 0.1) is 0 Å². The molecule has 0 saturated heterocycles. The first kappa shape index (κ1) is 5.42. The van der Waals surface area contributed by atoms with Crippen LogP contribution >= 0.6 is 0 Å². The quantitative estimate of drug-likeness (QED) is 0.582. The average molecular weight is 143 g/mol. The van der Waals surface area contributed by atoms with E-state index >= 15 is 0 Å². The first-order valence-corrected chi connectivity index (χ1v) is 4.03. The van der Waals surface area contributed by atoms with E-state index in [9.17, 15) is 0 Å². The van der Waals surface area contributed by atoms with E-state index in [0.29, 0.717) is 0 Å². The number of hydrogen-bond acceptors (Lipinski definition) is 0. The lowest BCUT2D eigenvalue weighted by molar-refractivity contribution is 0.822. The van der Waals surface area contributed by atoms with Crippen LogP contribution in [0.2, 0.25) is 0 Å². The molecule has 1 aliphatic rings. The van der Waals surface area contributed by atoms with Gasteiger partial charge in [0.25, 0.3) is 0 Å². The van der Waals surface area contributed by atoms with E-state index in [-0.39, 0.29) is 0 Å². The topological polar surface area (TPSA) is 15.8 Å². The minimum absolute atomic E-state index is 1.24. The molecule has 1 heterocycles. The molecule has 0 atom stereocenters. The van der Waals surface area contributed by atoms with Crippen LogP contribution in [0.25, 0.3) is 10.9 Å². The van der Waals surface area contributed by atoms with Gasteiger partial charge in [-0.3, -0.25) is 0 Å². The highest BCUT2D eigenvalue weighted by Crippen LogP contribution is 2.30. The third-order valence-corrected chi connectivity index (χ3v) is 2.53. The Morgan fingerprint density at radius 1 is 1.09 bits per heavy atom. The van der Waals surface area contributed by atoms with Crippen molar-refractivity contribution in [3.05, 3.63) is 35.5 Å². The van der Waals surface area contributed by atoms with Crippen molar-refractivity contribution in [1.82, 2.24) is 4.98 Å². The van der Waals surface area contributed by atoms with E-state index in [1.54, 1.807) is 5.56 Å². The fourth-order valence-corrected chi connectivity index (χ4v) is 1.83. The highest BCUT2D eigenvalue weighted by atomic mass is 14.7. The second-order valence-electron chi connectivity index (χ2n) is 3.13. The van der Waals surface area contributed by atoms with Crippen molar-refractivity contribution in [3.63, 3.8) is 0 Å². The Morgan fingerprint density at radius 3 is 2.82 bits per heavy atom. The highest BCUT2D eigenvalue weighted by Gasteiger charge is 2.17. The molecule has 3 rings (SSSR count). The third-order valence-electron chi connectivity index (χ3n) is 2.53. The van der Waals surface area contributed by atoms with Gasteiger partial charge in [0.1, 0.15) is 0 Å². The van der Waals surface area contributed by atoms with Crippen LogP contribution in [0.5, 0.6) is 0 Å².